The molecule has 5 nitrogen and oxygen atoms in total. The van der Waals surface area contributed by atoms with Crippen LogP contribution in [0, 0.1) is 5.92 Å². The van der Waals surface area contributed by atoms with Crippen molar-refractivity contribution in [2.24, 2.45) is 5.92 Å². The highest BCUT2D eigenvalue weighted by molar-refractivity contribution is 6.30. The summed E-state index contributed by atoms with van der Waals surface area (Å²) >= 11 is 6.02. The molecule has 2 aromatic rings. The summed E-state index contributed by atoms with van der Waals surface area (Å²) in [6.45, 7) is 1.18. The number of esters is 1. The number of alkyl halides is 16. The molecule has 0 bridgehead atoms. The van der Waals surface area contributed by atoms with E-state index in [9.17, 15) is 70.7 Å². The number of hydrogen-bond acceptors (Lipinski definition) is 5. The first-order valence-corrected chi connectivity index (χ1v) is 13.0. The maximum Gasteiger partial charge on any atom is 0.460 e. The third-order valence-electron chi connectivity index (χ3n) is 6.02. The zero-order valence-corrected chi connectivity index (χ0v) is 24.0. The standard InChI is InChI=1S/C26H20ClF15O5/c1-3-13(2)18(27)19(43)45-17-10-6-15(7-11-17)14-4-8-16(9-5-14)44-12-20(28,29)46-25(39,40)26(41,42)47-24(37,38)22(32,33)21(30,31)23(34,35)36/h4-11,13,18H,3,12H2,1-2H3/t13-,18-/m0/s1. The fraction of sp³-hybridized carbons (Fsp3) is 0.500. The molecule has 0 unspecified atom stereocenters. The van der Waals surface area contributed by atoms with Crippen molar-refractivity contribution in [1.82, 2.24) is 0 Å². The maximum absolute atomic E-state index is 13.9. The van der Waals surface area contributed by atoms with Crippen molar-refractivity contribution in [2.75, 3.05) is 6.61 Å². The fourth-order valence-electron chi connectivity index (χ4n) is 3.16. The summed E-state index contributed by atoms with van der Waals surface area (Å²) in [5, 5.41) is -0.911. The lowest BCUT2D eigenvalue weighted by molar-refractivity contribution is -0.542. The van der Waals surface area contributed by atoms with Crippen LogP contribution >= 0.6 is 11.6 Å². The Kier molecular flexibility index (Phi) is 11.7. The predicted molar refractivity (Wildman–Crippen MR) is 130 cm³/mol. The second kappa shape index (κ2) is 13.8. The molecule has 0 radical (unpaired) electrons. The minimum atomic E-state index is -7.94. The van der Waals surface area contributed by atoms with Gasteiger partial charge in [0.2, 0.25) is 0 Å². The highest BCUT2D eigenvalue weighted by atomic mass is 35.5. The maximum atomic E-state index is 13.9. The number of carbonyl (C=O) groups excluding carboxylic acids is 1. The molecular weight excluding hydrogens is 713 g/mol. The van der Waals surface area contributed by atoms with Crippen molar-refractivity contribution in [3.05, 3.63) is 48.5 Å². The summed E-state index contributed by atoms with van der Waals surface area (Å²) in [4.78, 5) is 12.1. The average Bonchev–Trinajstić information content (AvgIpc) is 2.94. The van der Waals surface area contributed by atoms with Crippen LogP contribution in [0.25, 0.3) is 11.1 Å². The van der Waals surface area contributed by atoms with Gasteiger partial charge in [0.1, 0.15) is 16.9 Å². The SMILES string of the molecule is CC[C@H](C)[C@H](Cl)C(=O)Oc1ccc(-c2ccc(OCC(F)(F)OC(F)(F)C(F)(F)OC(F)(F)C(F)(F)C(F)(F)C(F)(F)F)cc2)cc1. The van der Waals surface area contributed by atoms with Crippen LogP contribution < -0.4 is 9.47 Å². The molecule has 21 heteroatoms. The van der Waals surface area contributed by atoms with Crippen LogP contribution in [0.1, 0.15) is 20.3 Å². The third kappa shape index (κ3) is 9.07. The summed E-state index contributed by atoms with van der Waals surface area (Å²) in [5.74, 6) is -17.1. The van der Waals surface area contributed by atoms with Crippen LogP contribution in [0.5, 0.6) is 11.5 Å². The second-order valence-electron chi connectivity index (χ2n) is 9.58. The first kappa shape index (κ1) is 40.0. The molecule has 0 saturated heterocycles. The molecule has 0 aliphatic heterocycles. The van der Waals surface area contributed by atoms with Crippen LogP contribution in [0.4, 0.5) is 65.9 Å². The van der Waals surface area contributed by atoms with Gasteiger partial charge in [-0.1, -0.05) is 44.5 Å². The van der Waals surface area contributed by atoms with Crippen LogP contribution in [0.3, 0.4) is 0 Å². The highest BCUT2D eigenvalue weighted by Crippen LogP contribution is 2.56. The summed E-state index contributed by atoms with van der Waals surface area (Å²) in [5.41, 5.74) is 0.817. The van der Waals surface area contributed by atoms with E-state index in [2.05, 4.69) is 9.47 Å². The summed E-state index contributed by atoms with van der Waals surface area (Å²) in [6, 6.07) is 10.0. The lowest BCUT2D eigenvalue weighted by atomic mass is 10.0. The quantitative estimate of drug-likeness (QED) is 0.0791. The van der Waals surface area contributed by atoms with E-state index < -0.39 is 66.2 Å². The van der Waals surface area contributed by atoms with E-state index in [1.54, 1.807) is 11.7 Å². The van der Waals surface area contributed by atoms with Gasteiger partial charge < -0.3 is 9.47 Å². The molecule has 0 aliphatic rings. The molecule has 2 rings (SSSR count). The number of carbonyl (C=O) groups is 1. The Balaban J connectivity index is 2.07. The van der Waals surface area contributed by atoms with Crippen molar-refractivity contribution in [2.45, 2.75) is 68.1 Å². The Morgan fingerprint density at radius 2 is 1.09 bits per heavy atom. The minimum Gasteiger partial charge on any atom is -0.484 e. The summed E-state index contributed by atoms with van der Waals surface area (Å²) in [6.07, 6.45) is -34.6. The molecule has 0 saturated carbocycles. The van der Waals surface area contributed by atoms with Crippen LogP contribution in [0.2, 0.25) is 0 Å². The zero-order valence-electron chi connectivity index (χ0n) is 23.3. The van der Waals surface area contributed by atoms with Gasteiger partial charge in [-0.3, -0.25) is 4.79 Å². The molecule has 0 amide bonds. The number of hydrogen-bond donors (Lipinski definition) is 0. The molecule has 266 valence electrons. The zero-order chi connectivity index (χ0) is 36.4. The molecule has 47 heavy (non-hydrogen) atoms. The van der Waals surface area contributed by atoms with Crippen molar-refractivity contribution in [3.63, 3.8) is 0 Å². The predicted octanol–water partition coefficient (Wildman–Crippen LogP) is 9.53. The lowest BCUT2D eigenvalue weighted by Gasteiger charge is -2.36. The summed E-state index contributed by atoms with van der Waals surface area (Å²) < 4.78 is 210. The van der Waals surface area contributed by atoms with Gasteiger partial charge >= 0.3 is 48.4 Å². The Morgan fingerprint density at radius 1 is 0.660 bits per heavy atom. The topological polar surface area (TPSA) is 54.0 Å². The monoisotopic (exact) mass is 732 g/mol. The first-order chi connectivity index (χ1) is 21.1. The van der Waals surface area contributed by atoms with Crippen LogP contribution in [0.15, 0.2) is 48.5 Å². The van der Waals surface area contributed by atoms with Gasteiger partial charge in [-0.15, -0.1) is 11.6 Å². The van der Waals surface area contributed by atoms with E-state index in [-0.39, 0.29) is 11.7 Å². The molecule has 2 atom stereocenters. The van der Waals surface area contributed by atoms with Crippen molar-refractivity contribution >= 4 is 17.6 Å². The number of rotatable bonds is 15. The number of benzene rings is 2. The highest BCUT2D eigenvalue weighted by Gasteiger charge is 2.85. The Bertz CT molecular complexity index is 1350. The molecule has 2 aromatic carbocycles. The minimum absolute atomic E-state index is 0.124. The largest absolute Gasteiger partial charge is 0.484 e. The average molecular weight is 733 g/mol. The van der Waals surface area contributed by atoms with Gasteiger partial charge in [0, 0.05) is 0 Å². The summed E-state index contributed by atoms with van der Waals surface area (Å²) in [7, 11) is 0. The molecule has 0 N–H and O–H groups in total. The van der Waals surface area contributed by atoms with E-state index in [1.165, 1.54) is 36.4 Å². The fourth-order valence-corrected chi connectivity index (χ4v) is 3.38. The number of ether oxygens (including phenoxy) is 4. The molecule has 0 aliphatic carbocycles. The van der Waals surface area contributed by atoms with Crippen LogP contribution in [-0.4, -0.2) is 60.4 Å². The van der Waals surface area contributed by atoms with Gasteiger partial charge in [-0.2, -0.15) is 65.9 Å². The number of halogens is 16. The van der Waals surface area contributed by atoms with Crippen molar-refractivity contribution in [1.29, 1.82) is 0 Å². The molecular formula is C26H20ClF15O5. The van der Waals surface area contributed by atoms with E-state index in [0.717, 1.165) is 12.1 Å². The van der Waals surface area contributed by atoms with Crippen molar-refractivity contribution < 1.29 is 89.6 Å². The van der Waals surface area contributed by atoms with E-state index in [1.807, 2.05) is 6.92 Å². The smallest absolute Gasteiger partial charge is 0.460 e. The van der Waals surface area contributed by atoms with E-state index >= 15 is 0 Å². The molecule has 0 heterocycles. The van der Waals surface area contributed by atoms with Crippen LogP contribution in [-0.2, 0) is 14.3 Å². The molecule has 0 fully saturated rings. The first-order valence-electron chi connectivity index (χ1n) is 12.5. The Hall–Kier alpha value is -3.13. The Morgan fingerprint density at radius 3 is 1.51 bits per heavy atom. The van der Waals surface area contributed by atoms with E-state index in [0.29, 0.717) is 17.5 Å². The van der Waals surface area contributed by atoms with Gasteiger partial charge in [-0.25, -0.2) is 9.47 Å². The molecule has 0 spiro atoms. The lowest BCUT2D eigenvalue weighted by Crippen LogP contribution is -2.64. The van der Waals surface area contributed by atoms with Gasteiger partial charge in [0.25, 0.3) is 0 Å². The third-order valence-corrected chi connectivity index (χ3v) is 6.63. The Labute approximate surface area is 259 Å². The molecule has 0 aromatic heterocycles. The normalized spacial score (nSPS) is 15.3. The van der Waals surface area contributed by atoms with Gasteiger partial charge in [0.05, 0.1) is 0 Å². The van der Waals surface area contributed by atoms with Crippen molar-refractivity contribution in [3.8, 4) is 22.6 Å². The van der Waals surface area contributed by atoms with E-state index in [4.69, 9.17) is 16.3 Å². The van der Waals surface area contributed by atoms with Gasteiger partial charge in [-0.05, 0) is 41.3 Å². The van der Waals surface area contributed by atoms with Gasteiger partial charge in [0.15, 0.2) is 6.61 Å². The second-order valence-corrected chi connectivity index (χ2v) is 10.1.